The minimum absolute atomic E-state index is 0.374. The molecule has 4 heteroatoms. The van der Waals surface area contributed by atoms with Gasteiger partial charge in [0, 0.05) is 17.3 Å². The zero-order valence-corrected chi connectivity index (χ0v) is 11.5. The lowest BCUT2D eigenvalue weighted by Crippen LogP contribution is -2.36. The van der Waals surface area contributed by atoms with Crippen LogP contribution >= 0.6 is 0 Å². The van der Waals surface area contributed by atoms with E-state index in [1.807, 2.05) is 19.1 Å². The van der Waals surface area contributed by atoms with E-state index in [1.54, 1.807) is 6.07 Å². The molecular weight excluding hydrogens is 238 g/mol. The summed E-state index contributed by atoms with van der Waals surface area (Å²) in [6, 6.07) is 6.15. The summed E-state index contributed by atoms with van der Waals surface area (Å²) in [4.78, 5) is 11.2. The van der Waals surface area contributed by atoms with Gasteiger partial charge >= 0.3 is 0 Å². The first kappa shape index (κ1) is 13.9. The van der Waals surface area contributed by atoms with Gasteiger partial charge in [-0.2, -0.15) is 0 Å². The smallest absolute Gasteiger partial charge is 0.248 e. The summed E-state index contributed by atoms with van der Waals surface area (Å²) in [5.74, 6) is 0.173. The van der Waals surface area contributed by atoms with Crippen molar-refractivity contribution in [1.29, 1.82) is 0 Å². The van der Waals surface area contributed by atoms with Crippen molar-refractivity contribution in [2.24, 2.45) is 17.4 Å². The van der Waals surface area contributed by atoms with Crippen LogP contribution in [0.1, 0.15) is 41.6 Å². The van der Waals surface area contributed by atoms with Crippen LogP contribution in [0.4, 0.5) is 5.69 Å². The van der Waals surface area contributed by atoms with Gasteiger partial charge in [-0.1, -0.05) is 12.8 Å². The molecule has 5 N–H and O–H groups in total. The molecule has 1 aromatic carbocycles. The molecule has 19 heavy (non-hydrogen) atoms. The fraction of sp³-hybridized carbons (Fsp3) is 0.533. The van der Waals surface area contributed by atoms with E-state index in [0.717, 1.165) is 17.8 Å². The SMILES string of the molecule is Cc1cc(NC2CCCCC2CN)ccc1C(N)=O. The number of aryl methyl sites for hydroxylation is 1. The van der Waals surface area contributed by atoms with Crippen molar-refractivity contribution in [2.45, 2.75) is 38.6 Å². The Labute approximate surface area is 114 Å². The molecule has 1 aromatic rings. The van der Waals surface area contributed by atoms with E-state index < -0.39 is 0 Å². The number of carbonyl (C=O) groups excluding carboxylic acids is 1. The zero-order valence-electron chi connectivity index (χ0n) is 11.5. The average Bonchev–Trinajstić information content (AvgIpc) is 2.39. The minimum Gasteiger partial charge on any atom is -0.382 e. The number of rotatable bonds is 4. The monoisotopic (exact) mass is 261 g/mol. The van der Waals surface area contributed by atoms with Crippen LogP contribution in [0, 0.1) is 12.8 Å². The first-order chi connectivity index (χ1) is 9.11. The van der Waals surface area contributed by atoms with Gasteiger partial charge in [0.2, 0.25) is 5.91 Å². The zero-order chi connectivity index (χ0) is 13.8. The molecule has 0 heterocycles. The number of nitrogens with one attached hydrogen (secondary N) is 1. The normalized spacial score (nSPS) is 23.1. The van der Waals surface area contributed by atoms with Crippen molar-refractivity contribution in [1.82, 2.24) is 0 Å². The third kappa shape index (κ3) is 3.26. The Morgan fingerprint density at radius 2 is 2.11 bits per heavy atom. The largest absolute Gasteiger partial charge is 0.382 e. The molecule has 0 spiro atoms. The van der Waals surface area contributed by atoms with E-state index in [0.29, 0.717) is 17.5 Å². The molecule has 4 nitrogen and oxygen atoms in total. The summed E-state index contributed by atoms with van der Waals surface area (Å²) >= 11 is 0. The first-order valence-corrected chi connectivity index (χ1v) is 6.99. The Balaban J connectivity index is 2.10. The summed E-state index contributed by atoms with van der Waals surface area (Å²) < 4.78 is 0. The van der Waals surface area contributed by atoms with E-state index in [9.17, 15) is 4.79 Å². The second-order valence-corrected chi connectivity index (χ2v) is 5.43. The molecule has 1 saturated carbocycles. The predicted molar refractivity (Wildman–Crippen MR) is 78.1 cm³/mol. The molecular formula is C15H23N3O. The van der Waals surface area contributed by atoms with Crippen molar-refractivity contribution in [3.8, 4) is 0 Å². The number of benzene rings is 1. The lowest BCUT2D eigenvalue weighted by atomic mass is 9.84. The molecule has 0 radical (unpaired) electrons. The highest BCUT2D eigenvalue weighted by atomic mass is 16.1. The predicted octanol–water partition coefficient (Wildman–Crippen LogP) is 2.02. The van der Waals surface area contributed by atoms with Crippen LogP contribution in [0.25, 0.3) is 0 Å². The van der Waals surface area contributed by atoms with Gasteiger partial charge in [-0.25, -0.2) is 0 Å². The molecule has 1 aliphatic carbocycles. The molecule has 2 rings (SSSR count). The van der Waals surface area contributed by atoms with Crippen LogP contribution < -0.4 is 16.8 Å². The Morgan fingerprint density at radius 3 is 2.74 bits per heavy atom. The summed E-state index contributed by atoms with van der Waals surface area (Å²) in [7, 11) is 0. The number of hydrogen-bond acceptors (Lipinski definition) is 3. The van der Waals surface area contributed by atoms with Gasteiger partial charge in [0.25, 0.3) is 0 Å². The maximum atomic E-state index is 11.2. The van der Waals surface area contributed by atoms with Crippen molar-refractivity contribution in [2.75, 3.05) is 11.9 Å². The van der Waals surface area contributed by atoms with Gasteiger partial charge in [-0.3, -0.25) is 4.79 Å². The Hall–Kier alpha value is -1.55. The highest BCUT2D eigenvalue weighted by Gasteiger charge is 2.23. The molecule has 104 valence electrons. The fourth-order valence-corrected chi connectivity index (χ4v) is 2.92. The Kier molecular flexibility index (Phi) is 4.43. The molecule has 0 aromatic heterocycles. The van der Waals surface area contributed by atoms with Crippen LogP contribution in [0.2, 0.25) is 0 Å². The van der Waals surface area contributed by atoms with Crippen LogP contribution in [0.15, 0.2) is 18.2 Å². The fourth-order valence-electron chi connectivity index (χ4n) is 2.92. The maximum absolute atomic E-state index is 11.2. The van der Waals surface area contributed by atoms with Crippen molar-refractivity contribution < 1.29 is 4.79 Å². The highest BCUT2D eigenvalue weighted by molar-refractivity contribution is 5.94. The molecule has 0 saturated heterocycles. The second-order valence-electron chi connectivity index (χ2n) is 5.43. The number of hydrogen-bond donors (Lipinski definition) is 3. The first-order valence-electron chi connectivity index (χ1n) is 6.99. The summed E-state index contributed by atoms with van der Waals surface area (Å²) in [5.41, 5.74) is 13.7. The van der Waals surface area contributed by atoms with Gasteiger partial charge in [-0.05, 0) is 56.0 Å². The summed E-state index contributed by atoms with van der Waals surface area (Å²) in [5, 5.41) is 3.56. The number of nitrogens with two attached hydrogens (primary N) is 2. The average molecular weight is 261 g/mol. The van der Waals surface area contributed by atoms with E-state index in [4.69, 9.17) is 11.5 Å². The molecule has 1 fully saturated rings. The van der Waals surface area contributed by atoms with E-state index in [-0.39, 0.29) is 5.91 Å². The Morgan fingerprint density at radius 1 is 1.37 bits per heavy atom. The van der Waals surface area contributed by atoms with Crippen LogP contribution in [0.3, 0.4) is 0 Å². The van der Waals surface area contributed by atoms with Gasteiger partial charge in [0.1, 0.15) is 0 Å². The molecule has 1 amide bonds. The minimum atomic E-state index is -0.374. The van der Waals surface area contributed by atoms with Gasteiger partial charge in [0.05, 0.1) is 0 Å². The van der Waals surface area contributed by atoms with Crippen LogP contribution in [0.5, 0.6) is 0 Å². The summed E-state index contributed by atoms with van der Waals surface area (Å²) in [6.07, 6.45) is 4.90. The third-order valence-electron chi connectivity index (χ3n) is 4.06. The molecule has 2 atom stereocenters. The quantitative estimate of drug-likeness (QED) is 0.775. The van der Waals surface area contributed by atoms with Gasteiger partial charge in [0.15, 0.2) is 0 Å². The topological polar surface area (TPSA) is 81.1 Å². The van der Waals surface area contributed by atoms with Crippen molar-refractivity contribution in [3.63, 3.8) is 0 Å². The number of primary amides is 1. The lowest BCUT2D eigenvalue weighted by Gasteiger charge is -2.32. The van der Waals surface area contributed by atoms with E-state index in [1.165, 1.54) is 25.7 Å². The number of amides is 1. The molecule has 0 aliphatic heterocycles. The van der Waals surface area contributed by atoms with E-state index in [2.05, 4.69) is 5.32 Å². The second kappa shape index (κ2) is 6.06. The molecule has 2 unspecified atom stereocenters. The van der Waals surface area contributed by atoms with Crippen LogP contribution in [-0.2, 0) is 0 Å². The summed E-state index contributed by atoms with van der Waals surface area (Å²) in [6.45, 7) is 2.64. The number of carbonyl (C=O) groups is 1. The Bertz CT molecular complexity index is 459. The number of anilines is 1. The van der Waals surface area contributed by atoms with E-state index >= 15 is 0 Å². The van der Waals surface area contributed by atoms with Crippen molar-refractivity contribution >= 4 is 11.6 Å². The molecule has 1 aliphatic rings. The van der Waals surface area contributed by atoms with Crippen molar-refractivity contribution in [3.05, 3.63) is 29.3 Å². The maximum Gasteiger partial charge on any atom is 0.248 e. The third-order valence-corrected chi connectivity index (χ3v) is 4.06. The lowest BCUT2D eigenvalue weighted by molar-refractivity contribution is 0.1000. The molecule has 0 bridgehead atoms. The van der Waals surface area contributed by atoms with Gasteiger partial charge < -0.3 is 16.8 Å². The standard InChI is InChI=1S/C15H23N3O/c1-10-8-12(6-7-13(10)15(17)19)18-14-5-3-2-4-11(14)9-16/h6-8,11,14,18H,2-5,9,16H2,1H3,(H2,17,19). The van der Waals surface area contributed by atoms with Crippen LogP contribution in [-0.4, -0.2) is 18.5 Å². The highest BCUT2D eigenvalue weighted by Crippen LogP contribution is 2.27. The van der Waals surface area contributed by atoms with Gasteiger partial charge in [-0.15, -0.1) is 0 Å².